The van der Waals surface area contributed by atoms with Gasteiger partial charge >= 0.3 is 5.97 Å². The molecule has 0 amide bonds. The monoisotopic (exact) mass is 298 g/mol. The van der Waals surface area contributed by atoms with E-state index in [9.17, 15) is 4.79 Å². The van der Waals surface area contributed by atoms with Gasteiger partial charge in [-0.15, -0.1) is 0 Å². The fourth-order valence-corrected chi connectivity index (χ4v) is 2.11. The van der Waals surface area contributed by atoms with Crippen LogP contribution in [0.25, 0.3) is 5.57 Å². The zero-order valence-corrected chi connectivity index (χ0v) is 12.7. The first-order valence-corrected chi connectivity index (χ1v) is 6.94. The molecule has 0 aliphatic carbocycles. The van der Waals surface area contributed by atoms with Gasteiger partial charge in [-0.2, -0.15) is 0 Å². The van der Waals surface area contributed by atoms with Crippen molar-refractivity contribution in [3.05, 3.63) is 28.8 Å². The van der Waals surface area contributed by atoms with Gasteiger partial charge in [0.25, 0.3) is 0 Å². The largest absolute Gasteiger partial charge is 0.490 e. The number of hydrogen-bond donors (Lipinski definition) is 1. The zero-order chi connectivity index (χ0) is 15.1. The number of carboxylic acid groups (broad SMARTS) is 1. The predicted octanol–water partition coefficient (Wildman–Crippen LogP) is 4.02. The van der Waals surface area contributed by atoms with Crippen LogP contribution in [0.15, 0.2) is 18.2 Å². The van der Waals surface area contributed by atoms with E-state index in [0.717, 1.165) is 6.08 Å². The topological polar surface area (TPSA) is 55.8 Å². The molecule has 0 fully saturated rings. The van der Waals surface area contributed by atoms with E-state index in [1.807, 2.05) is 20.8 Å². The van der Waals surface area contributed by atoms with E-state index in [1.54, 1.807) is 12.1 Å². The number of halogens is 1. The first kappa shape index (κ1) is 16.4. The lowest BCUT2D eigenvalue weighted by Gasteiger charge is -2.15. The highest BCUT2D eigenvalue weighted by Crippen LogP contribution is 2.37. The van der Waals surface area contributed by atoms with Crippen molar-refractivity contribution >= 4 is 23.1 Å². The summed E-state index contributed by atoms with van der Waals surface area (Å²) in [6, 6.07) is 3.39. The van der Waals surface area contributed by atoms with Crippen LogP contribution < -0.4 is 9.47 Å². The van der Waals surface area contributed by atoms with Crippen molar-refractivity contribution in [2.45, 2.75) is 27.2 Å². The molecule has 0 aliphatic rings. The van der Waals surface area contributed by atoms with Crippen LogP contribution in [0.2, 0.25) is 5.02 Å². The lowest BCUT2D eigenvalue weighted by molar-refractivity contribution is -0.131. The molecule has 0 spiro atoms. The Morgan fingerprint density at radius 2 is 1.75 bits per heavy atom. The van der Waals surface area contributed by atoms with Crippen LogP contribution in [0, 0.1) is 0 Å². The van der Waals surface area contributed by atoms with Crippen molar-refractivity contribution in [2.24, 2.45) is 0 Å². The molecule has 1 aromatic carbocycles. The molecule has 1 rings (SSSR count). The summed E-state index contributed by atoms with van der Waals surface area (Å²) >= 11 is 6.22. The zero-order valence-electron chi connectivity index (χ0n) is 11.9. The highest BCUT2D eigenvalue weighted by molar-refractivity contribution is 6.32. The SMILES string of the molecule is CCOc1cc(Cl)c(/C(=C/C(=O)O)CC)cc1OCC. The van der Waals surface area contributed by atoms with Crippen molar-refractivity contribution < 1.29 is 19.4 Å². The maximum atomic E-state index is 10.9. The Balaban J connectivity index is 3.33. The molecular formula is C15H19ClO4. The Labute approximate surface area is 124 Å². The summed E-state index contributed by atoms with van der Waals surface area (Å²) in [5.74, 6) is 0.136. The third kappa shape index (κ3) is 4.17. The number of hydrogen-bond acceptors (Lipinski definition) is 3. The molecule has 110 valence electrons. The number of allylic oxidation sites excluding steroid dienone is 1. The normalized spacial score (nSPS) is 11.3. The molecular weight excluding hydrogens is 280 g/mol. The van der Waals surface area contributed by atoms with Crippen molar-refractivity contribution in [1.29, 1.82) is 0 Å². The molecule has 0 saturated carbocycles. The number of benzene rings is 1. The van der Waals surface area contributed by atoms with Crippen LogP contribution in [-0.2, 0) is 4.79 Å². The first-order chi connectivity index (χ1) is 9.53. The molecule has 1 N–H and O–H groups in total. The minimum absolute atomic E-state index is 0.450. The van der Waals surface area contributed by atoms with Gasteiger partial charge in [0.2, 0.25) is 0 Å². The molecule has 0 unspecified atom stereocenters. The molecule has 0 radical (unpaired) electrons. The fourth-order valence-electron chi connectivity index (χ4n) is 1.84. The Morgan fingerprint density at radius 1 is 1.20 bits per heavy atom. The number of aliphatic carboxylic acids is 1. The second-order valence-corrected chi connectivity index (χ2v) is 4.41. The van der Waals surface area contributed by atoms with Gasteiger partial charge in [-0.3, -0.25) is 0 Å². The van der Waals surface area contributed by atoms with Crippen LogP contribution in [0.1, 0.15) is 32.8 Å². The summed E-state index contributed by atoms with van der Waals surface area (Å²) in [4.78, 5) is 10.9. The molecule has 0 aromatic heterocycles. The quantitative estimate of drug-likeness (QED) is 0.773. The summed E-state index contributed by atoms with van der Waals surface area (Å²) < 4.78 is 11.0. The summed E-state index contributed by atoms with van der Waals surface area (Å²) in [5, 5.41) is 9.35. The van der Waals surface area contributed by atoms with Crippen LogP contribution in [0.3, 0.4) is 0 Å². The average Bonchev–Trinajstić information content (AvgIpc) is 2.39. The number of ether oxygens (including phenoxy) is 2. The number of rotatable bonds is 7. The average molecular weight is 299 g/mol. The highest BCUT2D eigenvalue weighted by Gasteiger charge is 2.14. The van der Waals surface area contributed by atoms with E-state index in [1.165, 1.54) is 0 Å². The van der Waals surface area contributed by atoms with Gasteiger partial charge in [-0.05, 0) is 31.9 Å². The van der Waals surface area contributed by atoms with Crippen molar-refractivity contribution in [1.82, 2.24) is 0 Å². The highest BCUT2D eigenvalue weighted by atomic mass is 35.5. The smallest absolute Gasteiger partial charge is 0.328 e. The Bertz CT molecular complexity index is 509. The van der Waals surface area contributed by atoms with Gasteiger partial charge in [0, 0.05) is 17.7 Å². The summed E-state index contributed by atoms with van der Waals surface area (Å²) in [6.45, 7) is 6.62. The van der Waals surface area contributed by atoms with Gasteiger partial charge in [0.15, 0.2) is 11.5 Å². The van der Waals surface area contributed by atoms with Crippen molar-refractivity contribution in [3.8, 4) is 11.5 Å². The molecule has 0 atom stereocenters. The van der Waals surface area contributed by atoms with Crippen molar-refractivity contribution in [2.75, 3.05) is 13.2 Å². The van der Waals surface area contributed by atoms with E-state index >= 15 is 0 Å². The van der Waals surface area contributed by atoms with Crippen LogP contribution >= 0.6 is 11.6 Å². The van der Waals surface area contributed by atoms with E-state index in [4.69, 9.17) is 26.2 Å². The van der Waals surface area contributed by atoms with Gasteiger partial charge in [0.1, 0.15) is 0 Å². The molecule has 1 aromatic rings. The van der Waals surface area contributed by atoms with E-state index in [2.05, 4.69) is 0 Å². The molecule has 0 bridgehead atoms. The van der Waals surface area contributed by atoms with Gasteiger partial charge in [0.05, 0.1) is 18.2 Å². The van der Waals surface area contributed by atoms with E-state index in [-0.39, 0.29) is 0 Å². The number of carboxylic acids is 1. The molecule has 20 heavy (non-hydrogen) atoms. The minimum Gasteiger partial charge on any atom is -0.490 e. The Morgan fingerprint density at radius 3 is 2.20 bits per heavy atom. The van der Waals surface area contributed by atoms with Crippen LogP contribution in [0.4, 0.5) is 0 Å². The van der Waals surface area contributed by atoms with Gasteiger partial charge in [-0.1, -0.05) is 18.5 Å². The minimum atomic E-state index is -0.996. The van der Waals surface area contributed by atoms with Crippen LogP contribution in [-0.4, -0.2) is 24.3 Å². The standard InChI is InChI=1S/C15H19ClO4/c1-4-10(7-15(17)18)11-8-13(19-5-2)14(20-6-3)9-12(11)16/h7-9H,4-6H2,1-3H3,(H,17,18)/b10-7+. The third-order valence-corrected chi connectivity index (χ3v) is 2.97. The Hall–Kier alpha value is -1.68. The van der Waals surface area contributed by atoms with Gasteiger partial charge in [-0.25, -0.2) is 4.79 Å². The predicted molar refractivity (Wildman–Crippen MR) is 79.7 cm³/mol. The molecule has 5 heteroatoms. The van der Waals surface area contributed by atoms with Crippen molar-refractivity contribution in [3.63, 3.8) is 0 Å². The van der Waals surface area contributed by atoms with E-state index in [0.29, 0.717) is 47.3 Å². The maximum absolute atomic E-state index is 10.9. The first-order valence-electron chi connectivity index (χ1n) is 6.56. The molecule has 0 heterocycles. The second-order valence-electron chi connectivity index (χ2n) is 4.01. The summed E-state index contributed by atoms with van der Waals surface area (Å²) in [6.07, 6.45) is 1.73. The molecule has 4 nitrogen and oxygen atoms in total. The second kappa shape index (κ2) is 7.80. The molecule has 0 saturated heterocycles. The Kier molecular flexibility index (Phi) is 6.39. The number of carbonyl (C=O) groups is 1. The van der Waals surface area contributed by atoms with E-state index < -0.39 is 5.97 Å². The fraction of sp³-hybridized carbons (Fsp3) is 0.400. The summed E-state index contributed by atoms with van der Waals surface area (Å²) in [7, 11) is 0. The van der Waals surface area contributed by atoms with Gasteiger partial charge < -0.3 is 14.6 Å². The maximum Gasteiger partial charge on any atom is 0.328 e. The molecule has 0 aliphatic heterocycles. The lowest BCUT2D eigenvalue weighted by atomic mass is 10.0. The third-order valence-electron chi connectivity index (χ3n) is 2.66. The summed E-state index contributed by atoms with van der Waals surface area (Å²) in [5.41, 5.74) is 1.30. The van der Waals surface area contributed by atoms with Crippen LogP contribution in [0.5, 0.6) is 11.5 Å². The lowest BCUT2D eigenvalue weighted by Crippen LogP contribution is -2.00.